The third kappa shape index (κ3) is 5.38. The second-order valence-corrected chi connectivity index (χ2v) is 13.8. The van der Waals surface area contributed by atoms with E-state index in [4.69, 9.17) is 50.8 Å². The first kappa shape index (κ1) is 30.4. The summed E-state index contributed by atoms with van der Waals surface area (Å²) in [7, 11) is -3.09. The van der Waals surface area contributed by atoms with Gasteiger partial charge in [0.25, 0.3) is 5.91 Å². The van der Waals surface area contributed by atoms with Crippen LogP contribution in [0.5, 0.6) is 0 Å². The van der Waals surface area contributed by atoms with Gasteiger partial charge in [0.15, 0.2) is 42.4 Å². The average Bonchev–Trinajstić information content (AvgIpc) is 3.76. The molecule has 0 spiro atoms. The summed E-state index contributed by atoms with van der Waals surface area (Å²) < 4.78 is 80.4. The number of nitrogens with zero attached hydrogens (tertiary/aromatic N) is 7. The number of rotatable bonds is 3. The van der Waals surface area contributed by atoms with E-state index in [0.29, 0.717) is 0 Å². The van der Waals surface area contributed by atoms with Gasteiger partial charge in [0.1, 0.15) is 42.3 Å². The monoisotopic (exact) mass is 688 g/mol. The fourth-order valence-electron chi connectivity index (χ4n) is 5.34. The Morgan fingerprint density at radius 1 is 1.09 bits per heavy atom. The zero-order valence-corrected chi connectivity index (χ0v) is 25.1. The molecule has 3 aliphatic rings. The summed E-state index contributed by atoms with van der Waals surface area (Å²) in [6.45, 7) is -5.57. The van der Waals surface area contributed by atoms with Crippen LogP contribution in [0.3, 0.4) is 0 Å². The van der Waals surface area contributed by atoms with Gasteiger partial charge in [-0.15, -0.1) is 14.1 Å². The van der Waals surface area contributed by atoms with E-state index in [1.807, 2.05) is 0 Å². The number of benzene rings is 1. The summed E-state index contributed by atoms with van der Waals surface area (Å²) in [5.74, 6) is -0.720. The predicted molar refractivity (Wildman–Crippen MR) is 149 cm³/mol. The van der Waals surface area contributed by atoms with Crippen molar-refractivity contribution in [2.45, 2.75) is 49.2 Å². The molecule has 10 atom stereocenters. The molecule has 3 aromatic heterocycles. The van der Waals surface area contributed by atoms with Gasteiger partial charge in [-0.3, -0.25) is 13.9 Å². The molecular formula is C22H22F2N9O9P2S+. The Labute approximate surface area is 256 Å². The number of halogens is 2. The molecule has 6 heterocycles. The van der Waals surface area contributed by atoms with Crippen molar-refractivity contribution in [3.63, 3.8) is 0 Å². The minimum absolute atomic E-state index is 0.0516. The van der Waals surface area contributed by atoms with Gasteiger partial charge in [-0.25, -0.2) is 28.4 Å². The lowest BCUT2D eigenvalue weighted by molar-refractivity contribution is -0.0612. The van der Waals surface area contributed by atoms with Crippen LogP contribution < -0.4 is 11.5 Å². The summed E-state index contributed by atoms with van der Waals surface area (Å²) >= 11 is 5.12. The van der Waals surface area contributed by atoms with E-state index in [9.17, 15) is 14.3 Å². The second-order valence-electron chi connectivity index (χ2n) is 10.1. The summed E-state index contributed by atoms with van der Waals surface area (Å²) in [5, 5.41) is 7.94. The van der Waals surface area contributed by atoms with Crippen LogP contribution in [0.4, 0.5) is 14.6 Å². The summed E-state index contributed by atoms with van der Waals surface area (Å²) in [6, 6.07) is 4.47. The number of hydrogen-bond donors (Lipinski definition) is 3. The van der Waals surface area contributed by atoms with Crippen LogP contribution >= 0.6 is 15.0 Å². The first-order valence-corrected chi connectivity index (χ1v) is 16.8. The molecule has 5 N–H and O–H groups in total. The molecule has 1 amide bonds. The quantitative estimate of drug-likeness (QED) is 0.256. The lowest BCUT2D eigenvalue weighted by Gasteiger charge is -2.25. The molecule has 238 valence electrons. The van der Waals surface area contributed by atoms with E-state index in [1.54, 1.807) is 0 Å². The topological polar surface area (TPSA) is 236 Å². The molecule has 0 saturated carbocycles. The van der Waals surface area contributed by atoms with Crippen molar-refractivity contribution in [3.8, 4) is 0 Å². The van der Waals surface area contributed by atoms with Gasteiger partial charge in [-0.1, -0.05) is 11.3 Å². The third-order valence-electron chi connectivity index (χ3n) is 7.41. The number of imidazole rings is 1. The molecular weight excluding hydrogens is 666 g/mol. The van der Waals surface area contributed by atoms with Gasteiger partial charge in [0.05, 0.1) is 24.0 Å². The molecule has 18 nitrogen and oxygen atoms in total. The number of alkyl halides is 2. The van der Waals surface area contributed by atoms with E-state index < -0.39 is 83.3 Å². The number of hydrogen-bond acceptors (Lipinski definition) is 15. The summed E-state index contributed by atoms with van der Waals surface area (Å²) in [5.41, 5.74) is 12.0. The van der Waals surface area contributed by atoms with E-state index in [0.717, 1.165) is 11.0 Å². The van der Waals surface area contributed by atoms with Gasteiger partial charge in [0.2, 0.25) is 0 Å². The highest BCUT2D eigenvalue weighted by Gasteiger charge is 2.56. The van der Waals surface area contributed by atoms with Gasteiger partial charge >= 0.3 is 15.0 Å². The molecule has 0 radical (unpaired) electrons. The van der Waals surface area contributed by atoms with Crippen LogP contribution in [-0.2, 0) is 43.9 Å². The third-order valence-corrected chi connectivity index (χ3v) is 9.75. The molecule has 4 aromatic rings. The predicted octanol–water partition coefficient (Wildman–Crippen LogP) is 1.11. The van der Waals surface area contributed by atoms with Gasteiger partial charge in [-0.05, 0) is 23.9 Å². The maximum atomic E-state index is 15.9. The second kappa shape index (κ2) is 11.5. The summed E-state index contributed by atoms with van der Waals surface area (Å²) in [6.07, 6.45) is -10.5. The Bertz CT molecular complexity index is 1870. The standard InChI is InChI=1S/C22H21F2N9O9P2S/c23-12-10-5-38-44(36,45)42-16-11(40-21(13(16)24)32-7-29-15-18(25)27-6-28-20(15)32)4-37-43(35)41-17(12)22(39-10)33-9-3-1-2-8(19(26)34)14(9)30-31-33/h1-3,6-7,10-13,16-17,21-22H,4-5H2,(H4-,25,26,27,28,34,36,45)/p+1/t10-,11-,12-,13-,16-,17-,21-,22-,44?/m1/s1. The van der Waals surface area contributed by atoms with Crippen molar-refractivity contribution >= 4 is 60.7 Å². The van der Waals surface area contributed by atoms with Crippen LogP contribution in [0.1, 0.15) is 22.8 Å². The largest absolute Gasteiger partial charge is 0.698 e. The van der Waals surface area contributed by atoms with Gasteiger partial charge < -0.3 is 30.4 Å². The normalized spacial score (nSPS) is 35.1. The molecule has 3 aliphatic heterocycles. The number of carbonyl (C=O) groups excluding carboxylic acids is 1. The summed E-state index contributed by atoms with van der Waals surface area (Å²) in [4.78, 5) is 34.8. The minimum Gasteiger partial charge on any atom is -0.382 e. The molecule has 45 heavy (non-hydrogen) atoms. The zero-order valence-electron chi connectivity index (χ0n) is 22.5. The van der Waals surface area contributed by atoms with Crippen LogP contribution in [-0.4, -0.2) is 95.3 Å². The SMILES string of the molecule is NC(=O)c1cccc2c1nnn2[C@@H]1O[C@@H]2COP(O)(=S)O[C@H]3[C@@H](F)[C@H](n4cnc5c(N)ncnc54)O[C@@H]3CO[P+](=O)O[C@@H]1[C@@H]2F. The molecule has 2 unspecified atom stereocenters. The first-order chi connectivity index (χ1) is 21.5. The molecule has 3 saturated heterocycles. The highest BCUT2D eigenvalue weighted by Crippen LogP contribution is 2.52. The molecule has 3 fully saturated rings. The highest BCUT2D eigenvalue weighted by molar-refractivity contribution is 8.07. The molecule has 1 aromatic carbocycles. The Kier molecular flexibility index (Phi) is 7.80. The lowest BCUT2D eigenvalue weighted by atomic mass is 10.1. The average molecular weight is 688 g/mol. The minimum atomic E-state index is -4.29. The molecule has 0 aliphatic carbocycles. The van der Waals surface area contributed by atoms with Crippen molar-refractivity contribution < 1.29 is 50.6 Å². The number of fused-ring (bicyclic) bond motifs is 5. The zero-order chi connectivity index (χ0) is 31.6. The van der Waals surface area contributed by atoms with Crippen LogP contribution in [0.25, 0.3) is 22.2 Å². The smallest absolute Gasteiger partial charge is 0.382 e. The number of nitrogens with two attached hydrogens (primary N) is 2. The number of ether oxygens (including phenoxy) is 2. The number of nitrogen functional groups attached to an aromatic ring is 1. The number of anilines is 1. The number of carbonyl (C=O) groups is 1. The number of primary amides is 1. The highest BCUT2D eigenvalue weighted by atomic mass is 32.5. The van der Waals surface area contributed by atoms with Gasteiger partial charge in [0, 0.05) is 4.57 Å². The maximum absolute atomic E-state index is 15.9. The number of amides is 1. The molecule has 2 bridgehead atoms. The Morgan fingerprint density at radius 3 is 2.69 bits per heavy atom. The van der Waals surface area contributed by atoms with Crippen LogP contribution in [0, 0.1) is 0 Å². The fraction of sp³-hybridized carbons (Fsp3) is 0.455. The van der Waals surface area contributed by atoms with Crippen molar-refractivity contribution in [3.05, 3.63) is 36.4 Å². The van der Waals surface area contributed by atoms with E-state index >= 15 is 8.78 Å². The lowest BCUT2D eigenvalue weighted by Crippen LogP contribution is -2.34. The molecule has 7 rings (SSSR count). The maximum Gasteiger partial charge on any atom is 0.698 e. The Hall–Kier alpha value is -3.23. The van der Waals surface area contributed by atoms with Crippen LogP contribution in [0.2, 0.25) is 0 Å². The van der Waals surface area contributed by atoms with Crippen molar-refractivity contribution in [2.75, 3.05) is 18.9 Å². The number of aromatic nitrogens is 7. The van der Waals surface area contributed by atoms with Crippen molar-refractivity contribution in [1.29, 1.82) is 0 Å². The first-order valence-electron chi connectivity index (χ1n) is 13.1. The van der Waals surface area contributed by atoms with E-state index in [1.165, 1.54) is 29.1 Å². The van der Waals surface area contributed by atoms with E-state index in [-0.39, 0.29) is 33.6 Å². The van der Waals surface area contributed by atoms with E-state index in [2.05, 4.69) is 25.3 Å². The van der Waals surface area contributed by atoms with Crippen molar-refractivity contribution in [2.24, 2.45) is 5.73 Å². The Morgan fingerprint density at radius 2 is 1.89 bits per heavy atom. The van der Waals surface area contributed by atoms with Gasteiger partial charge in [-0.2, -0.15) is 0 Å². The fourth-order valence-corrected chi connectivity index (χ4v) is 7.52. The Balaban J connectivity index is 1.18. The molecule has 23 heteroatoms. The van der Waals surface area contributed by atoms with Crippen LogP contribution in [0.15, 0.2) is 30.9 Å². The van der Waals surface area contributed by atoms with Crippen molar-refractivity contribution in [1.82, 2.24) is 34.5 Å².